The van der Waals surface area contributed by atoms with Gasteiger partial charge < -0.3 is 0 Å². The first kappa shape index (κ1) is 13.4. The van der Waals surface area contributed by atoms with Gasteiger partial charge in [-0.1, -0.05) is 59.8 Å². The van der Waals surface area contributed by atoms with Crippen molar-refractivity contribution >= 4 is 0 Å². The molecule has 0 aromatic rings. The first-order valence-corrected chi connectivity index (χ1v) is 8.08. The van der Waals surface area contributed by atoms with Crippen molar-refractivity contribution in [2.45, 2.75) is 72.6 Å². The summed E-state index contributed by atoms with van der Waals surface area (Å²) in [4.78, 5) is 0. The van der Waals surface area contributed by atoms with E-state index < -0.39 is 0 Å². The van der Waals surface area contributed by atoms with Crippen LogP contribution in [0.2, 0.25) is 0 Å². The van der Waals surface area contributed by atoms with Crippen molar-refractivity contribution in [2.75, 3.05) is 0 Å². The van der Waals surface area contributed by atoms with Gasteiger partial charge in [-0.2, -0.15) is 0 Å². The van der Waals surface area contributed by atoms with E-state index in [1.165, 1.54) is 44.9 Å². The number of hydrogen-bond acceptors (Lipinski definition) is 0. The van der Waals surface area contributed by atoms with Gasteiger partial charge in [-0.3, -0.25) is 0 Å². The van der Waals surface area contributed by atoms with Gasteiger partial charge in [-0.25, -0.2) is 0 Å². The van der Waals surface area contributed by atoms with Gasteiger partial charge in [-0.15, -0.1) is 0 Å². The minimum atomic E-state index is 0.986. The summed E-state index contributed by atoms with van der Waals surface area (Å²) in [5.74, 6) is 6.13. The molecule has 0 saturated heterocycles. The maximum absolute atomic E-state index is 2.50. The van der Waals surface area contributed by atoms with Gasteiger partial charge in [0.15, 0.2) is 0 Å². The Morgan fingerprint density at radius 2 is 1.82 bits per heavy atom. The lowest BCUT2D eigenvalue weighted by Crippen LogP contribution is -2.36. The zero-order valence-electron chi connectivity index (χ0n) is 12.4. The molecule has 2 fully saturated rings. The van der Waals surface area contributed by atoms with Gasteiger partial charge in [0.05, 0.1) is 0 Å². The molecule has 2 aliphatic carbocycles. The minimum Gasteiger partial charge on any atom is -0.0625 e. The van der Waals surface area contributed by atoms with E-state index in [9.17, 15) is 0 Å². The standard InChI is InChI=1S/C17H32/c1-12-8-9-16(10-12)7-5-6-13(2)17-11-14(3)15(17)4/h12-17H,5-11H2,1-4H3. The van der Waals surface area contributed by atoms with Crippen molar-refractivity contribution in [1.29, 1.82) is 0 Å². The second-order valence-electron chi connectivity index (χ2n) is 7.43. The van der Waals surface area contributed by atoms with Gasteiger partial charge in [0, 0.05) is 0 Å². The van der Waals surface area contributed by atoms with E-state index in [1.807, 2.05) is 0 Å². The van der Waals surface area contributed by atoms with Crippen LogP contribution in [-0.4, -0.2) is 0 Å². The molecule has 2 rings (SSSR count). The van der Waals surface area contributed by atoms with Crippen molar-refractivity contribution in [2.24, 2.45) is 35.5 Å². The van der Waals surface area contributed by atoms with Gasteiger partial charge in [0.2, 0.25) is 0 Å². The highest BCUT2D eigenvalue weighted by Crippen LogP contribution is 2.45. The van der Waals surface area contributed by atoms with E-state index in [2.05, 4.69) is 27.7 Å². The lowest BCUT2D eigenvalue weighted by molar-refractivity contribution is 0.0502. The van der Waals surface area contributed by atoms with Crippen molar-refractivity contribution in [1.82, 2.24) is 0 Å². The van der Waals surface area contributed by atoms with E-state index in [4.69, 9.17) is 0 Å². The molecule has 0 radical (unpaired) electrons. The maximum Gasteiger partial charge on any atom is -0.0358 e. The average molecular weight is 236 g/mol. The van der Waals surface area contributed by atoms with Crippen LogP contribution in [0.5, 0.6) is 0 Å². The third kappa shape index (κ3) is 3.26. The van der Waals surface area contributed by atoms with Crippen LogP contribution < -0.4 is 0 Å². The summed E-state index contributed by atoms with van der Waals surface area (Å²) in [6.07, 6.45) is 10.5. The van der Waals surface area contributed by atoms with Crippen LogP contribution in [0.4, 0.5) is 0 Å². The van der Waals surface area contributed by atoms with E-state index in [1.54, 1.807) is 0 Å². The number of rotatable bonds is 5. The summed E-state index contributed by atoms with van der Waals surface area (Å²) >= 11 is 0. The molecule has 0 nitrogen and oxygen atoms in total. The fraction of sp³-hybridized carbons (Fsp3) is 1.00. The molecule has 0 aromatic carbocycles. The molecule has 0 amide bonds. The molecule has 100 valence electrons. The minimum absolute atomic E-state index is 0.986. The molecule has 0 aliphatic heterocycles. The number of hydrogen-bond donors (Lipinski definition) is 0. The van der Waals surface area contributed by atoms with E-state index in [0.29, 0.717) is 0 Å². The molecular weight excluding hydrogens is 204 g/mol. The smallest absolute Gasteiger partial charge is 0.0358 e. The van der Waals surface area contributed by atoms with Crippen molar-refractivity contribution in [3.05, 3.63) is 0 Å². The molecule has 0 heteroatoms. The van der Waals surface area contributed by atoms with Crippen LogP contribution in [0.3, 0.4) is 0 Å². The van der Waals surface area contributed by atoms with Crippen LogP contribution in [0.25, 0.3) is 0 Å². The molecule has 0 spiro atoms. The van der Waals surface area contributed by atoms with Crippen LogP contribution in [0.15, 0.2) is 0 Å². The Morgan fingerprint density at radius 3 is 2.35 bits per heavy atom. The average Bonchev–Trinajstić information content (AvgIpc) is 2.71. The predicted molar refractivity (Wildman–Crippen MR) is 76.0 cm³/mol. The van der Waals surface area contributed by atoms with Crippen LogP contribution in [0.1, 0.15) is 72.6 Å². The summed E-state index contributed by atoms with van der Waals surface area (Å²) in [5, 5.41) is 0. The van der Waals surface area contributed by atoms with Gasteiger partial charge in [0.25, 0.3) is 0 Å². The van der Waals surface area contributed by atoms with Gasteiger partial charge >= 0.3 is 0 Å². The largest absolute Gasteiger partial charge is 0.0625 e. The van der Waals surface area contributed by atoms with Crippen molar-refractivity contribution < 1.29 is 0 Å². The lowest BCUT2D eigenvalue weighted by atomic mass is 9.61. The molecule has 17 heavy (non-hydrogen) atoms. The maximum atomic E-state index is 2.50. The van der Waals surface area contributed by atoms with E-state index in [-0.39, 0.29) is 0 Å². The monoisotopic (exact) mass is 236 g/mol. The molecule has 0 N–H and O–H groups in total. The third-order valence-corrected chi connectivity index (χ3v) is 6.02. The topological polar surface area (TPSA) is 0 Å². The zero-order chi connectivity index (χ0) is 12.4. The molecule has 2 saturated carbocycles. The predicted octanol–water partition coefficient (Wildman–Crippen LogP) is 5.52. The Hall–Kier alpha value is 0. The summed E-state index contributed by atoms with van der Waals surface area (Å²) in [6.45, 7) is 9.83. The quantitative estimate of drug-likeness (QED) is 0.589. The van der Waals surface area contributed by atoms with E-state index in [0.717, 1.165) is 35.5 Å². The third-order valence-electron chi connectivity index (χ3n) is 6.02. The Kier molecular flexibility index (Phi) is 4.55. The van der Waals surface area contributed by atoms with Crippen LogP contribution in [-0.2, 0) is 0 Å². The van der Waals surface area contributed by atoms with E-state index >= 15 is 0 Å². The molecule has 0 heterocycles. The second kappa shape index (κ2) is 5.76. The fourth-order valence-corrected chi connectivity index (χ4v) is 4.36. The Morgan fingerprint density at radius 1 is 1.06 bits per heavy atom. The van der Waals surface area contributed by atoms with Gasteiger partial charge in [-0.05, 0) is 48.3 Å². The van der Waals surface area contributed by atoms with Crippen molar-refractivity contribution in [3.63, 3.8) is 0 Å². The Bertz CT molecular complexity index is 232. The SMILES string of the molecule is CC1CCC(CCCC(C)C2CC(C)C2C)C1. The molecule has 2 aliphatic rings. The zero-order valence-corrected chi connectivity index (χ0v) is 12.4. The summed E-state index contributed by atoms with van der Waals surface area (Å²) in [6, 6.07) is 0. The highest BCUT2D eigenvalue weighted by Gasteiger charge is 2.37. The molecule has 0 aromatic heterocycles. The van der Waals surface area contributed by atoms with Gasteiger partial charge in [0.1, 0.15) is 0 Å². The normalized spacial score (nSPS) is 43.4. The molecule has 0 bridgehead atoms. The summed E-state index contributed by atoms with van der Waals surface area (Å²) in [5.41, 5.74) is 0. The lowest BCUT2D eigenvalue weighted by Gasteiger charge is -2.44. The van der Waals surface area contributed by atoms with Crippen LogP contribution in [0, 0.1) is 35.5 Å². The Balaban J connectivity index is 1.59. The second-order valence-corrected chi connectivity index (χ2v) is 7.43. The van der Waals surface area contributed by atoms with Crippen LogP contribution >= 0.6 is 0 Å². The first-order chi connectivity index (χ1) is 8.08. The Labute approximate surface area is 109 Å². The summed E-state index contributed by atoms with van der Waals surface area (Å²) in [7, 11) is 0. The first-order valence-electron chi connectivity index (χ1n) is 8.08. The highest BCUT2D eigenvalue weighted by atomic mass is 14.4. The molecule has 6 atom stereocenters. The van der Waals surface area contributed by atoms with Crippen molar-refractivity contribution in [3.8, 4) is 0 Å². The molecule has 6 unspecified atom stereocenters. The molecular formula is C17H32. The fourth-order valence-electron chi connectivity index (χ4n) is 4.36. The summed E-state index contributed by atoms with van der Waals surface area (Å²) < 4.78 is 0. The highest BCUT2D eigenvalue weighted by molar-refractivity contribution is 4.86.